The lowest BCUT2D eigenvalue weighted by Crippen LogP contribution is -2.26. The van der Waals surface area contributed by atoms with Crippen LogP contribution in [0.3, 0.4) is 0 Å². The van der Waals surface area contributed by atoms with Gasteiger partial charge < -0.3 is 5.32 Å². The molecule has 0 saturated heterocycles. The summed E-state index contributed by atoms with van der Waals surface area (Å²) in [5.41, 5.74) is 2.64. The monoisotopic (exact) mass is 249 g/mol. The van der Waals surface area contributed by atoms with Crippen molar-refractivity contribution in [2.75, 3.05) is 6.54 Å². The molecule has 1 N–H and O–H groups in total. The van der Waals surface area contributed by atoms with Crippen molar-refractivity contribution < 1.29 is 0 Å². The second-order valence-corrected chi connectivity index (χ2v) is 5.45. The van der Waals surface area contributed by atoms with E-state index in [9.17, 15) is 0 Å². The Morgan fingerprint density at radius 1 is 1.39 bits per heavy atom. The summed E-state index contributed by atoms with van der Waals surface area (Å²) >= 11 is 0. The standard InChI is InChI=1S/C15H27N3/c1-6-7-18-11-14(9-17-18)8-15(12(2)3)10-16-13(4)5/h8-9,11-13,16H,6-7,10H2,1-5H3/b15-8-. The minimum absolute atomic E-state index is 0.523. The van der Waals surface area contributed by atoms with Crippen molar-refractivity contribution in [2.24, 2.45) is 5.92 Å². The van der Waals surface area contributed by atoms with Gasteiger partial charge in [-0.3, -0.25) is 4.68 Å². The Morgan fingerprint density at radius 3 is 2.67 bits per heavy atom. The van der Waals surface area contributed by atoms with Crippen LogP contribution in [0.2, 0.25) is 0 Å². The molecule has 0 aromatic carbocycles. The van der Waals surface area contributed by atoms with Crippen LogP contribution in [-0.2, 0) is 6.54 Å². The van der Waals surface area contributed by atoms with Gasteiger partial charge in [-0.25, -0.2) is 0 Å². The van der Waals surface area contributed by atoms with Gasteiger partial charge in [-0.1, -0.05) is 46.3 Å². The first-order valence-electron chi connectivity index (χ1n) is 6.99. The van der Waals surface area contributed by atoms with Gasteiger partial charge in [0.2, 0.25) is 0 Å². The Hall–Kier alpha value is -1.09. The molecule has 102 valence electrons. The van der Waals surface area contributed by atoms with Crippen LogP contribution in [0.5, 0.6) is 0 Å². The molecule has 0 atom stereocenters. The van der Waals surface area contributed by atoms with E-state index < -0.39 is 0 Å². The molecule has 0 amide bonds. The first kappa shape index (κ1) is 15.0. The third-order valence-electron chi connectivity index (χ3n) is 2.91. The molecule has 0 aliphatic heterocycles. The third-order valence-corrected chi connectivity index (χ3v) is 2.91. The highest BCUT2D eigenvalue weighted by Crippen LogP contribution is 2.14. The molecule has 0 saturated carbocycles. The summed E-state index contributed by atoms with van der Waals surface area (Å²) in [6.45, 7) is 13.0. The predicted molar refractivity (Wildman–Crippen MR) is 78.5 cm³/mol. The number of nitrogens with one attached hydrogen (secondary N) is 1. The zero-order valence-electron chi connectivity index (χ0n) is 12.4. The summed E-state index contributed by atoms with van der Waals surface area (Å²) in [6, 6.07) is 0.523. The average molecular weight is 249 g/mol. The topological polar surface area (TPSA) is 29.9 Å². The quantitative estimate of drug-likeness (QED) is 0.803. The first-order chi connectivity index (χ1) is 8.52. The van der Waals surface area contributed by atoms with E-state index in [4.69, 9.17) is 0 Å². The second-order valence-electron chi connectivity index (χ2n) is 5.45. The van der Waals surface area contributed by atoms with Crippen molar-refractivity contribution in [2.45, 2.75) is 53.6 Å². The summed E-state index contributed by atoms with van der Waals surface area (Å²) in [5.74, 6) is 0.561. The lowest BCUT2D eigenvalue weighted by atomic mass is 10.0. The van der Waals surface area contributed by atoms with Gasteiger partial charge in [-0.05, 0) is 12.3 Å². The maximum absolute atomic E-state index is 4.37. The molecule has 1 aromatic heterocycles. The first-order valence-corrected chi connectivity index (χ1v) is 6.99. The Bertz CT molecular complexity index is 375. The number of nitrogens with zero attached hydrogens (tertiary/aromatic N) is 2. The number of aryl methyl sites for hydroxylation is 1. The van der Waals surface area contributed by atoms with Crippen molar-refractivity contribution in [1.82, 2.24) is 15.1 Å². The smallest absolute Gasteiger partial charge is 0.0562 e. The molecule has 0 unspecified atom stereocenters. The molecule has 0 aliphatic carbocycles. The SMILES string of the molecule is CCCn1cc(/C=C(/CNC(C)C)C(C)C)cn1. The van der Waals surface area contributed by atoms with E-state index >= 15 is 0 Å². The van der Waals surface area contributed by atoms with Crippen LogP contribution in [0.25, 0.3) is 6.08 Å². The van der Waals surface area contributed by atoms with Crippen LogP contribution in [-0.4, -0.2) is 22.4 Å². The fourth-order valence-corrected chi connectivity index (χ4v) is 1.76. The Morgan fingerprint density at radius 2 is 2.11 bits per heavy atom. The highest BCUT2D eigenvalue weighted by molar-refractivity contribution is 5.51. The summed E-state index contributed by atoms with van der Waals surface area (Å²) in [7, 11) is 0. The highest BCUT2D eigenvalue weighted by Gasteiger charge is 2.05. The van der Waals surface area contributed by atoms with E-state index in [2.05, 4.69) is 57.3 Å². The molecule has 1 heterocycles. The van der Waals surface area contributed by atoms with E-state index in [1.165, 1.54) is 11.1 Å². The number of hydrogen-bond acceptors (Lipinski definition) is 2. The van der Waals surface area contributed by atoms with Crippen LogP contribution in [0.4, 0.5) is 0 Å². The van der Waals surface area contributed by atoms with Crippen molar-refractivity contribution in [3.8, 4) is 0 Å². The fourth-order valence-electron chi connectivity index (χ4n) is 1.76. The van der Waals surface area contributed by atoms with Crippen molar-refractivity contribution >= 4 is 6.08 Å². The van der Waals surface area contributed by atoms with E-state index in [-0.39, 0.29) is 0 Å². The Balaban J connectivity index is 2.73. The molecule has 0 spiro atoms. The highest BCUT2D eigenvalue weighted by atomic mass is 15.3. The van der Waals surface area contributed by atoms with Gasteiger partial charge in [0.25, 0.3) is 0 Å². The molecule has 0 aliphatic rings. The van der Waals surface area contributed by atoms with Crippen LogP contribution < -0.4 is 5.32 Å². The molecule has 0 bridgehead atoms. The van der Waals surface area contributed by atoms with E-state index in [0.29, 0.717) is 12.0 Å². The van der Waals surface area contributed by atoms with E-state index in [0.717, 1.165) is 19.5 Å². The number of hydrogen-bond donors (Lipinski definition) is 1. The molecular formula is C15H27N3. The minimum Gasteiger partial charge on any atom is -0.311 e. The summed E-state index contributed by atoms with van der Waals surface area (Å²) in [6.07, 6.45) is 7.46. The second kappa shape index (κ2) is 7.37. The molecule has 0 fully saturated rings. The van der Waals surface area contributed by atoms with E-state index in [1.807, 2.05) is 10.9 Å². The maximum atomic E-state index is 4.37. The lowest BCUT2D eigenvalue weighted by molar-refractivity contribution is 0.593. The Kier molecular flexibility index (Phi) is 6.13. The van der Waals surface area contributed by atoms with Crippen molar-refractivity contribution in [1.29, 1.82) is 0 Å². The number of aromatic nitrogens is 2. The van der Waals surface area contributed by atoms with Gasteiger partial charge in [0.15, 0.2) is 0 Å². The van der Waals surface area contributed by atoms with Crippen LogP contribution in [0, 0.1) is 5.92 Å². The van der Waals surface area contributed by atoms with Crippen molar-refractivity contribution in [3.63, 3.8) is 0 Å². The van der Waals surface area contributed by atoms with Crippen molar-refractivity contribution in [3.05, 3.63) is 23.5 Å². The van der Waals surface area contributed by atoms with E-state index in [1.54, 1.807) is 0 Å². The maximum Gasteiger partial charge on any atom is 0.0562 e. The summed E-state index contributed by atoms with van der Waals surface area (Å²) in [4.78, 5) is 0. The summed E-state index contributed by atoms with van der Waals surface area (Å²) < 4.78 is 2.01. The largest absolute Gasteiger partial charge is 0.311 e. The molecule has 1 rings (SSSR count). The summed E-state index contributed by atoms with van der Waals surface area (Å²) in [5, 5.41) is 7.85. The van der Waals surface area contributed by atoms with Crippen LogP contribution in [0.1, 0.15) is 46.6 Å². The Labute approximate surface area is 111 Å². The molecule has 0 radical (unpaired) electrons. The third kappa shape index (κ3) is 5.05. The molecule has 1 aromatic rings. The van der Waals surface area contributed by atoms with Gasteiger partial charge in [-0.15, -0.1) is 0 Å². The van der Waals surface area contributed by atoms with Gasteiger partial charge in [0.05, 0.1) is 6.20 Å². The van der Waals surface area contributed by atoms with Gasteiger partial charge >= 0.3 is 0 Å². The number of rotatable bonds is 7. The molecule has 3 heteroatoms. The normalized spacial score (nSPS) is 12.7. The average Bonchev–Trinajstić information content (AvgIpc) is 2.71. The molecule has 3 nitrogen and oxygen atoms in total. The predicted octanol–water partition coefficient (Wildman–Crippen LogP) is 3.33. The van der Waals surface area contributed by atoms with Crippen LogP contribution >= 0.6 is 0 Å². The molecular weight excluding hydrogens is 222 g/mol. The fraction of sp³-hybridized carbons (Fsp3) is 0.667. The van der Waals surface area contributed by atoms with Gasteiger partial charge in [0, 0.05) is 30.9 Å². The van der Waals surface area contributed by atoms with Crippen LogP contribution in [0.15, 0.2) is 18.0 Å². The lowest BCUT2D eigenvalue weighted by Gasteiger charge is -2.14. The minimum atomic E-state index is 0.523. The zero-order valence-corrected chi connectivity index (χ0v) is 12.4. The van der Waals surface area contributed by atoms with Gasteiger partial charge in [0.1, 0.15) is 0 Å². The zero-order chi connectivity index (χ0) is 13.5. The van der Waals surface area contributed by atoms with Gasteiger partial charge in [-0.2, -0.15) is 5.10 Å². The molecule has 18 heavy (non-hydrogen) atoms.